The number of hydrogen-bond acceptors (Lipinski definition) is 0. The van der Waals surface area contributed by atoms with Gasteiger partial charge in [0, 0.05) is 5.02 Å². The van der Waals surface area contributed by atoms with E-state index < -0.39 is 0 Å². The van der Waals surface area contributed by atoms with Gasteiger partial charge in [0.25, 0.3) is 0 Å². The summed E-state index contributed by atoms with van der Waals surface area (Å²) in [5.41, 5.74) is 6.08. The van der Waals surface area contributed by atoms with E-state index >= 15 is 0 Å². The Labute approximate surface area is 202 Å². The molecule has 0 radical (unpaired) electrons. The van der Waals surface area contributed by atoms with Crippen molar-refractivity contribution in [2.75, 3.05) is 0 Å². The van der Waals surface area contributed by atoms with E-state index in [9.17, 15) is 0 Å². The van der Waals surface area contributed by atoms with Crippen molar-refractivity contribution in [3.8, 4) is 0 Å². The molecule has 2 saturated carbocycles. The van der Waals surface area contributed by atoms with Gasteiger partial charge >= 0.3 is 0 Å². The van der Waals surface area contributed by atoms with Crippen molar-refractivity contribution in [2.45, 2.75) is 102 Å². The lowest BCUT2D eigenvalue weighted by atomic mass is 9.86. The van der Waals surface area contributed by atoms with Crippen LogP contribution in [-0.2, 0) is 5.41 Å². The first-order valence-electron chi connectivity index (χ1n) is 12.8. The second-order valence-electron chi connectivity index (χ2n) is 10.9. The fourth-order valence-corrected chi connectivity index (χ4v) is 9.78. The van der Waals surface area contributed by atoms with E-state index in [4.69, 9.17) is 11.6 Å². The number of benzene rings is 2. The average Bonchev–Trinajstić information content (AvgIpc) is 2.80. The lowest BCUT2D eigenvalue weighted by molar-refractivity contribution is 0.487. The van der Waals surface area contributed by atoms with E-state index in [1.807, 2.05) is 6.07 Å². The van der Waals surface area contributed by atoms with Gasteiger partial charge in [-0.1, -0.05) is 115 Å². The molecule has 2 aromatic rings. The van der Waals surface area contributed by atoms with Gasteiger partial charge < -0.3 is 0 Å². The Morgan fingerprint density at radius 2 is 1.38 bits per heavy atom. The van der Waals surface area contributed by atoms with Crippen LogP contribution in [0.25, 0.3) is 11.4 Å². The quantitative estimate of drug-likeness (QED) is 0.303. The Hall–Kier alpha value is -1.10. The second kappa shape index (κ2) is 10.9. The third-order valence-corrected chi connectivity index (χ3v) is 11.2. The Balaban J connectivity index is 1.79. The summed E-state index contributed by atoms with van der Waals surface area (Å²) in [6, 6.07) is 18.0. The Morgan fingerprint density at radius 3 is 1.88 bits per heavy atom. The van der Waals surface area contributed by atoms with E-state index in [1.54, 1.807) is 5.31 Å². The van der Waals surface area contributed by atoms with E-state index in [-0.39, 0.29) is 13.3 Å². The maximum Gasteiger partial charge on any atom is 0.0411 e. The molecule has 0 aromatic heterocycles. The van der Waals surface area contributed by atoms with Gasteiger partial charge in [-0.25, -0.2) is 0 Å². The molecule has 0 spiro atoms. The van der Waals surface area contributed by atoms with Crippen LogP contribution in [0.4, 0.5) is 0 Å². The van der Waals surface area contributed by atoms with Crippen LogP contribution in [0.5, 0.6) is 0 Å². The minimum atomic E-state index is -0.190. The fourth-order valence-electron chi connectivity index (χ4n) is 5.61. The molecule has 2 aliphatic rings. The lowest BCUT2D eigenvalue weighted by Crippen LogP contribution is -2.21. The molecular formula is C30H40ClP. The summed E-state index contributed by atoms with van der Waals surface area (Å²) in [5.74, 6) is 0. The van der Waals surface area contributed by atoms with Gasteiger partial charge in [0.15, 0.2) is 0 Å². The van der Waals surface area contributed by atoms with E-state index in [2.05, 4.69) is 69.3 Å². The van der Waals surface area contributed by atoms with Crippen LogP contribution in [0.3, 0.4) is 0 Å². The molecule has 32 heavy (non-hydrogen) atoms. The van der Waals surface area contributed by atoms with Crippen molar-refractivity contribution >= 4 is 30.9 Å². The highest BCUT2D eigenvalue weighted by Crippen LogP contribution is 2.64. The summed E-state index contributed by atoms with van der Waals surface area (Å²) in [6.07, 6.45) is 16.7. The lowest BCUT2D eigenvalue weighted by Gasteiger charge is -2.40. The highest BCUT2D eigenvalue weighted by atomic mass is 35.5. The molecular weight excluding hydrogens is 427 g/mol. The maximum absolute atomic E-state index is 6.40. The van der Waals surface area contributed by atoms with Crippen molar-refractivity contribution in [3.63, 3.8) is 0 Å². The van der Waals surface area contributed by atoms with Gasteiger partial charge in [-0.05, 0) is 82.6 Å². The number of halogens is 1. The summed E-state index contributed by atoms with van der Waals surface area (Å²) >= 11 is 6.40. The van der Waals surface area contributed by atoms with Crippen LogP contribution in [0.15, 0.2) is 48.5 Å². The molecule has 4 rings (SSSR count). The fraction of sp³-hybridized carbons (Fsp3) is 0.533. The predicted molar refractivity (Wildman–Crippen MR) is 145 cm³/mol. The molecule has 0 amide bonds. The van der Waals surface area contributed by atoms with Crippen LogP contribution in [0.2, 0.25) is 5.02 Å². The Bertz CT molecular complexity index is 875. The zero-order chi connectivity index (χ0) is 22.6. The van der Waals surface area contributed by atoms with Crippen LogP contribution < -0.4 is 0 Å². The van der Waals surface area contributed by atoms with Gasteiger partial charge in [0.05, 0.1) is 0 Å². The molecule has 2 aromatic carbocycles. The Kier molecular flexibility index (Phi) is 8.18. The molecule has 0 unspecified atom stereocenters. The van der Waals surface area contributed by atoms with Gasteiger partial charge in [-0.15, -0.1) is 0 Å². The minimum absolute atomic E-state index is 0.187. The first kappa shape index (κ1) is 24.0. The molecule has 0 saturated heterocycles. The predicted octanol–water partition coefficient (Wildman–Crippen LogP) is 10.3. The second-order valence-corrected chi connectivity index (χ2v) is 14.1. The summed E-state index contributed by atoms with van der Waals surface area (Å²) in [4.78, 5) is 0. The first-order chi connectivity index (χ1) is 15.4. The molecule has 172 valence electrons. The van der Waals surface area contributed by atoms with E-state index in [0.717, 1.165) is 16.3 Å². The highest BCUT2D eigenvalue weighted by molar-refractivity contribution is 7.70. The average molecular weight is 467 g/mol. The van der Waals surface area contributed by atoms with Gasteiger partial charge in [-0.3, -0.25) is 0 Å². The van der Waals surface area contributed by atoms with E-state index in [0.29, 0.717) is 0 Å². The molecule has 0 aliphatic heterocycles. The maximum atomic E-state index is 6.40. The van der Waals surface area contributed by atoms with Crippen molar-refractivity contribution in [2.24, 2.45) is 0 Å². The third-order valence-electron chi connectivity index (χ3n) is 7.41. The zero-order valence-electron chi connectivity index (χ0n) is 20.2. The molecule has 0 nitrogen and oxygen atoms in total. The molecule has 0 bridgehead atoms. The standard InChI is InChI=1S/C30H40ClP/c1-30(2,3)25-19-17-24(18-20-25)29(22-23-11-10-12-26(31)21-23)32(27-13-6-4-7-14-27)28-15-8-5-9-16-28/h10-12,17-22,27-28H,4-9,13-16H2,1-3H3/b29-22+. The minimum Gasteiger partial charge on any atom is -0.0843 e. The summed E-state index contributed by atoms with van der Waals surface area (Å²) in [7, 11) is -0.190. The van der Waals surface area contributed by atoms with Crippen molar-refractivity contribution in [3.05, 3.63) is 70.2 Å². The SMILES string of the molecule is CC(C)(C)c1ccc(/C(=C\c2cccc(Cl)c2)P(C2CCCCC2)C2CCCCC2)cc1. The van der Waals surface area contributed by atoms with Crippen LogP contribution in [-0.4, -0.2) is 11.3 Å². The highest BCUT2D eigenvalue weighted by Gasteiger charge is 2.34. The summed E-state index contributed by atoms with van der Waals surface area (Å²) in [6.45, 7) is 6.92. The molecule has 0 N–H and O–H groups in total. The third kappa shape index (κ3) is 6.07. The van der Waals surface area contributed by atoms with Crippen molar-refractivity contribution in [1.29, 1.82) is 0 Å². The molecule has 0 heterocycles. The van der Waals surface area contributed by atoms with Crippen molar-refractivity contribution in [1.82, 2.24) is 0 Å². The number of rotatable bonds is 5. The van der Waals surface area contributed by atoms with Gasteiger partial charge in [0.2, 0.25) is 0 Å². The molecule has 2 heteroatoms. The van der Waals surface area contributed by atoms with Crippen LogP contribution in [0, 0.1) is 0 Å². The first-order valence-corrected chi connectivity index (χ1v) is 14.6. The Morgan fingerprint density at radius 1 is 0.812 bits per heavy atom. The molecule has 0 atom stereocenters. The smallest absolute Gasteiger partial charge is 0.0411 e. The summed E-state index contributed by atoms with van der Waals surface area (Å²) < 4.78 is 0. The van der Waals surface area contributed by atoms with Crippen molar-refractivity contribution < 1.29 is 0 Å². The molecule has 2 fully saturated rings. The van der Waals surface area contributed by atoms with Crippen LogP contribution >= 0.6 is 19.5 Å². The largest absolute Gasteiger partial charge is 0.0843 e. The zero-order valence-corrected chi connectivity index (χ0v) is 21.9. The van der Waals surface area contributed by atoms with Crippen LogP contribution in [0.1, 0.15) is 102 Å². The topological polar surface area (TPSA) is 0 Å². The molecule has 2 aliphatic carbocycles. The van der Waals surface area contributed by atoms with Gasteiger partial charge in [0.1, 0.15) is 0 Å². The van der Waals surface area contributed by atoms with E-state index in [1.165, 1.54) is 80.9 Å². The normalized spacial score (nSPS) is 19.5. The monoisotopic (exact) mass is 466 g/mol. The number of hydrogen-bond donors (Lipinski definition) is 0. The summed E-state index contributed by atoms with van der Waals surface area (Å²) in [5, 5.41) is 2.46. The van der Waals surface area contributed by atoms with Gasteiger partial charge in [-0.2, -0.15) is 0 Å².